The van der Waals surface area contributed by atoms with Crippen LogP contribution in [0.4, 0.5) is 0 Å². The Bertz CT molecular complexity index is 249. The van der Waals surface area contributed by atoms with E-state index < -0.39 is 36.5 Å². The number of quaternary nitrogens is 1. The molecule has 0 spiro atoms. The van der Waals surface area contributed by atoms with Gasteiger partial charge in [-0.2, -0.15) is 0 Å². The smallest absolute Gasteiger partial charge is 0.306 e. The number of carboxylic acid groups (broad SMARTS) is 1. The molecule has 0 aliphatic heterocycles. The lowest BCUT2D eigenvalue weighted by Crippen LogP contribution is -2.42. The molecule has 1 atom stereocenters. The normalized spacial score (nSPS) is 23.9. The first-order chi connectivity index (χ1) is 6.37. The minimum Gasteiger partial charge on any atom is -0.481 e. The van der Waals surface area contributed by atoms with E-state index in [-0.39, 0.29) is 0 Å². The monoisotopic (exact) mass is 166 g/mol. The topological polar surface area (TPSA) is 57.5 Å². The Labute approximate surface area is 72.3 Å². The van der Waals surface area contributed by atoms with Crippen LogP contribution in [0.15, 0.2) is 0 Å². The van der Waals surface area contributed by atoms with Gasteiger partial charge in [0.05, 0.1) is 33.0 Å². The summed E-state index contributed by atoms with van der Waals surface area (Å²) in [6.07, 6.45) is -3.07. The molecule has 0 saturated heterocycles. The predicted octanol–water partition coefficient (Wildman–Crippen LogP) is -0.472. The first-order valence-electron chi connectivity index (χ1n) is 5.15. The highest BCUT2D eigenvalue weighted by Gasteiger charge is 2.17. The Balaban J connectivity index is 4.64. The van der Waals surface area contributed by atoms with Crippen molar-refractivity contribution in [2.45, 2.75) is 12.5 Å². The molecular weight excluding hydrogens is 146 g/mol. The van der Waals surface area contributed by atoms with Gasteiger partial charge in [-0.05, 0) is 0 Å². The second kappa shape index (κ2) is 3.69. The molecule has 0 bridgehead atoms. The van der Waals surface area contributed by atoms with Crippen LogP contribution in [-0.2, 0) is 4.79 Å². The van der Waals surface area contributed by atoms with Gasteiger partial charge in [-0.1, -0.05) is 0 Å². The van der Waals surface area contributed by atoms with Gasteiger partial charge in [0.15, 0.2) is 0 Å². The lowest BCUT2D eigenvalue weighted by molar-refractivity contribution is -0.873. The molecule has 0 saturated carbocycles. The number of nitrogens with zero attached hydrogens (tertiary/aromatic N) is 1. The van der Waals surface area contributed by atoms with E-state index in [1.165, 1.54) is 14.1 Å². The van der Waals surface area contributed by atoms with Crippen LogP contribution in [0.25, 0.3) is 0 Å². The molecule has 0 aromatic rings. The molecule has 4 nitrogen and oxygen atoms in total. The van der Waals surface area contributed by atoms with Crippen molar-refractivity contribution in [2.24, 2.45) is 0 Å². The summed E-state index contributed by atoms with van der Waals surface area (Å²) in [5, 5.41) is 17.8. The fraction of sp³-hybridized carbons (Fsp3) is 0.857. The highest BCUT2D eigenvalue weighted by Crippen LogP contribution is 1.98. The standard InChI is InChI=1S/C7H15NO3/c1-8(2,3)5-6(9)4-7(10)11/h6,9H,4-5H2,1-3H3/p+1/t6-/m0/s1/i1D3,6D. The highest BCUT2D eigenvalue weighted by atomic mass is 16.4. The third kappa shape index (κ3) is 7.29. The Morgan fingerprint density at radius 1 is 1.82 bits per heavy atom. The van der Waals surface area contributed by atoms with Gasteiger partial charge in [0, 0.05) is 0 Å². The van der Waals surface area contributed by atoms with Crippen molar-refractivity contribution in [1.82, 2.24) is 0 Å². The molecule has 0 rings (SSSR count). The van der Waals surface area contributed by atoms with Gasteiger partial charge in [-0.25, -0.2) is 0 Å². The van der Waals surface area contributed by atoms with Crippen molar-refractivity contribution in [3.63, 3.8) is 0 Å². The van der Waals surface area contributed by atoms with Gasteiger partial charge in [0.2, 0.25) is 0 Å². The average molecular weight is 166 g/mol. The van der Waals surface area contributed by atoms with E-state index in [2.05, 4.69) is 0 Å². The lowest BCUT2D eigenvalue weighted by atomic mass is 10.2. The summed E-state index contributed by atoms with van der Waals surface area (Å²) >= 11 is 0. The van der Waals surface area contributed by atoms with Crippen LogP contribution in [-0.4, -0.2) is 54.4 Å². The first kappa shape index (κ1) is 5.11. The molecule has 2 N–H and O–H groups in total. The highest BCUT2D eigenvalue weighted by molar-refractivity contribution is 5.67. The van der Waals surface area contributed by atoms with Crippen LogP contribution in [0, 0.1) is 0 Å². The van der Waals surface area contributed by atoms with Gasteiger partial charge >= 0.3 is 5.97 Å². The van der Waals surface area contributed by atoms with Crippen LogP contribution in [0.3, 0.4) is 0 Å². The maximum Gasteiger partial charge on any atom is 0.306 e. The van der Waals surface area contributed by atoms with Crippen LogP contribution < -0.4 is 0 Å². The fourth-order valence-corrected chi connectivity index (χ4v) is 0.687. The number of aliphatic carboxylic acids is 1. The number of aliphatic hydroxyl groups is 1. The first-order valence-corrected chi connectivity index (χ1v) is 3.15. The van der Waals surface area contributed by atoms with E-state index in [4.69, 9.17) is 10.6 Å². The van der Waals surface area contributed by atoms with Crippen molar-refractivity contribution in [3.8, 4) is 0 Å². The van der Waals surface area contributed by atoms with Crippen LogP contribution in [0.1, 0.15) is 11.9 Å². The summed E-state index contributed by atoms with van der Waals surface area (Å²) in [4.78, 5) is 10.3. The van der Waals surface area contributed by atoms with E-state index in [0.717, 1.165) is 0 Å². The number of hydrogen-bond acceptors (Lipinski definition) is 2. The molecular formula is C7H16NO3+. The summed E-state index contributed by atoms with van der Waals surface area (Å²) in [5.74, 6) is -1.34. The maximum absolute atomic E-state index is 10.3. The number of rotatable bonds is 4. The molecule has 0 fully saturated rings. The average Bonchev–Trinajstić information content (AvgIpc) is 1.75. The molecule has 0 unspecified atom stereocenters. The lowest BCUT2D eigenvalue weighted by Gasteiger charge is -2.25. The van der Waals surface area contributed by atoms with E-state index in [1.54, 1.807) is 0 Å². The van der Waals surface area contributed by atoms with E-state index >= 15 is 0 Å². The Kier molecular flexibility index (Phi) is 1.71. The molecule has 4 heteroatoms. The van der Waals surface area contributed by atoms with E-state index in [1.807, 2.05) is 0 Å². The fourth-order valence-electron chi connectivity index (χ4n) is 0.687. The molecule has 0 aliphatic rings. The number of carboxylic acids is 1. The largest absolute Gasteiger partial charge is 0.481 e. The second-order valence-corrected chi connectivity index (χ2v) is 2.98. The maximum atomic E-state index is 10.3. The van der Waals surface area contributed by atoms with Gasteiger partial charge in [0.1, 0.15) is 12.6 Å². The van der Waals surface area contributed by atoms with Crippen molar-refractivity contribution in [3.05, 3.63) is 0 Å². The van der Waals surface area contributed by atoms with E-state index in [9.17, 15) is 9.90 Å². The molecule has 66 valence electrons. The zero-order valence-electron chi connectivity index (χ0n) is 10.7. The zero-order valence-corrected chi connectivity index (χ0v) is 6.66. The van der Waals surface area contributed by atoms with Gasteiger partial charge in [-0.3, -0.25) is 4.79 Å². The summed E-state index contributed by atoms with van der Waals surface area (Å²) in [6.45, 7) is -2.87. The number of likely N-dealkylation sites (N-methyl/N-ethyl adjacent to an activating group) is 1. The van der Waals surface area contributed by atoms with Crippen LogP contribution >= 0.6 is 0 Å². The van der Waals surface area contributed by atoms with Crippen molar-refractivity contribution in [2.75, 3.05) is 27.6 Å². The number of hydrogen-bond donors (Lipinski definition) is 2. The third-order valence-electron chi connectivity index (χ3n) is 0.933. The minimum atomic E-state index is -2.40. The van der Waals surface area contributed by atoms with Crippen molar-refractivity contribution in [1.29, 1.82) is 0 Å². The summed E-state index contributed by atoms with van der Waals surface area (Å²) in [6, 6.07) is 0. The summed E-state index contributed by atoms with van der Waals surface area (Å²) < 4.78 is 28.2. The SMILES string of the molecule is [2H]C([2H])([2H])[N+](C)(C)C[C@@]([2H])(O)CC(=O)O. The molecule has 11 heavy (non-hydrogen) atoms. The molecule has 0 aromatic heterocycles. The summed E-state index contributed by atoms with van der Waals surface area (Å²) in [5.41, 5.74) is 0. The quantitative estimate of drug-likeness (QED) is 0.555. The summed E-state index contributed by atoms with van der Waals surface area (Å²) in [7, 11) is 2.63. The molecule has 0 amide bonds. The van der Waals surface area contributed by atoms with Crippen LogP contribution in [0.5, 0.6) is 0 Å². The second-order valence-electron chi connectivity index (χ2n) is 2.98. The minimum absolute atomic E-state index is 0.476. The zero-order chi connectivity index (χ0) is 12.5. The molecule has 0 aromatic carbocycles. The molecule has 0 heterocycles. The molecule has 0 aliphatic carbocycles. The molecule has 0 radical (unpaired) electrons. The van der Waals surface area contributed by atoms with E-state index in [0.29, 0.717) is 0 Å². The van der Waals surface area contributed by atoms with Gasteiger partial charge in [-0.15, -0.1) is 0 Å². The van der Waals surface area contributed by atoms with Crippen molar-refractivity contribution >= 4 is 5.97 Å². The third-order valence-corrected chi connectivity index (χ3v) is 0.933. The van der Waals surface area contributed by atoms with Crippen LogP contribution in [0.2, 0.25) is 0 Å². The number of carbonyl (C=O) groups is 1. The predicted molar refractivity (Wildman–Crippen MR) is 41.2 cm³/mol. The van der Waals surface area contributed by atoms with Gasteiger partial charge < -0.3 is 14.7 Å². The Morgan fingerprint density at radius 2 is 2.36 bits per heavy atom. The van der Waals surface area contributed by atoms with Gasteiger partial charge in [0.25, 0.3) is 0 Å². The Morgan fingerprint density at radius 3 is 2.73 bits per heavy atom. The Hall–Kier alpha value is -0.610. The van der Waals surface area contributed by atoms with Crippen molar-refractivity contribution < 1.29 is 25.0 Å².